The molecular weight excluding hydrogens is 355 g/mol. The third-order valence-electron chi connectivity index (χ3n) is 3.18. The van der Waals surface area contributed by atoms with E-state index in [1.54, 1.807) is 54.6 Å². The van der Waals surface area contributed by atoms with Gasteiger partial charge < -0.3 is 4.74 Å². The SMILES string of the molecule is FC(F)(F)COc1nc(-c2ccc(Cl)cc2)nnc1-c1ccccc1. The van der Waals surface area contributed by atoms with Crippen molar-refractivity contribution in [2.45, 2.75) is 6.18 Å². The van der Waals surface area contributed by atoms with Crippen molar-refractivity contribution in [2.24, 2.45) is 0 Å². The second kappa shape index (κ2) is 7.06. The summed E-state index contributed by atoms with van der Waals surface area (Å²) in [4.78, 5) is 4.11. The molecule has 4 nitrogen and oxygen atoms in total. The van der Waals surface area contributed by atoms with E-state index in [0.717, 1.165) is 0 Å². The van der Waals surface area contributed by atoms with Crippen LogP contribution in [0.1, 0.15) is 0 Å². The van der Waals surface area contributed by atoms with Gasteiger partial charge in [-0.3, -0.25) is 0 Å². The third-order valence-corrected chi connectivity index (χ3v) is 3.43. The number of benzene rings is 2. The van der Waals surface area contributed by atoms with Gasteiger partial charge in [0, 0.05) is 16.1 Å². The average molecular weight is 366 g/mol. The maximum Gasteiger partial charge on any atom is 0.422 e. The van der Waals surface area contributed by atoms with E-state index in [-0.39, 0.29) is 17.4 Å². The first-order valence-corrected chi connectivity index (χ1v) is 7.56. The molecule has 8 heteroatoms. The molecule has 3 rings (SSSR count). The van der Waals surface area contributed by atoms with Crippen molar-refractivity contribution < 1.29 is 17.9 Å². The number of alkyl halides is 3. The number of nitrogens with zero attached hydrogens (tertiary/aromatic N) is 3. The van der Waals surface area contributed by atoms with Gasteiger partial charge in [0.25, 0.3) is 0 Å². The fourth-order valence-corrected chi connectivity index (χ4v) is 2.19. The highest BCUT2D eigenvalue weighted by atomic mass is 35.5. The minimum atomic E-state index is -4.49. The van der Waals surface area contributed by atoms with Gasteiger partial charge in [-0.1, -0.05) is 41.9 Å². The summed E-state index contributed by atoms with van der Waals surface area (Å²) in [6.45, 7) is -1.47. The zero-order valence-corrected chi connectivity index (χ0v) is 13.4. The Bertz CT molecular complexity index is 855. The monoisotopic (exact) mass is 365 g/mol. The first kappa shape index (κ1) is 17.2. The molecule has 0 aliphatic carbocycles. The molecule has 0 saturated carbocycles. The number of hydrogen-bond acceptors (Lipinski definition) is 4. The van der Waals surface area contributed by atoms with E-state index in [1.165, 1.54) is 0 Å². The summed E-state index contributed by atoms with van der Waals surface area (Å²) < 4.78 is 42.5. The van der Waals surface area contributed by atoms with Gasteiger partial charge in [-0.05, 0) is 24.3 Å². The Morgan fingerprint density at radius 1 is 0.880 bits per heavy atom. The molecule has 0 atom stereocenters. The Morgan fingerprint density at radius 3 is 2.20 bits per heavy atom. The van der Waals surface area contributed by atoms with Crippen LogP contribution in [0.3, 0.4) is 0 Å². The molecule has 0 amide bonds. The zero-order chi connectivity index (χ0) is 17.9. The minimum Gasteiger partial charge on any atom is -0.466 e. The van der Waals surface area contributed by atoms with E-state index < -0.39 is 12.8 Å². The fourth-order valence-electron chi connectivity index (χ4n) is 2.06. The molecule has 128 valence electrons. The smallest absolute Gasteiger partial charge is 0.422 e. The van der Waals surface area contributed by atoms with Gasteiger partial charge in [0.15, 0.2) is 18.1 Å². The number of rotatable bonds is 4. The Balaban J connectivity index is 2.02. The van der Waals surface area contributed by atoms with Gasteiger partial charge in [0.2, 0.25) is 5.88 Å². The molecule has 0 aliphatic rings. The van der Waals surface area contributed by atoms with Gasteiger partial charge >= 0.3 is 6.18 Å². The van der Waals surface area contributed by atoms with E-state index in [4.69, 9.17) is 16.3 Å². The van der Waals surface area contributed by atoms with Gasteiger partial charge in [0.05, 0.1) is 0 Å². The Kier molecular flexibility index (Phi) is 4.85. The highest BCUT2D eigenvalue weighted by molar-refractivity contribution is 6.30. The molecule has 1 heterocycles. The van der Waals surface area contributed by atoms with Gasteiger partial charge in [0.1, 0.15) is 0 Å². The van der Waals surface area contributed by atoms with Crippen molar-refractivity contribution in [3.05, 3.63) is 59.6 Å². The van der Waals surface area contributed by atoms with E-state index in [1.807, 2.05) is 0 Å². The Labute approximate surface area is 146 Å². The molecule has 0 spiro atoms. The maximum absolute atomic E-state index is 12.5. The van der Waals surface area contributed by atoms with Crippen LogP contribution in [-0.4, -0.2) is 28.0 Å². The van der Waals surface area contributed by atoms with Crippen LogP contribution in [0.5, 0.6) is 5.88 Å². The van der Waals surface area contributed by atoms with Crippen molar-refractivity contribution in [1.29, 1.82) is 0 Å². The average Bonchev–Trinajstić information content (AvgIpc) is 2.60. The van der Waals surface area contributed by atoms with E-state index >= 15 is 0 Å². The number of hydrogen-bond donors (Lipinski definition) is 0. The van der Waals surface area contributed by atoms with Crippen molar-refractivity contribution in [3.8, 4) is 28.5 Å². The second-order valence-electron chi connectivity index (χ2n) is 5.07. The van der Waals surface area contributed by atoms with E-state index in [2.05, 4.69) is 15.2 Å². The van der Waals surface area contributed by atoms with Crippen molar-refractivity contribution >= 4 is 11.6 Å². The lowest BCUT2D eigenvalue weighted by molar-refractivity contribution is -0.154. The molecule has 3 aromatic rings. The molecule has 0 bridgehead atoms. The Hall–Kier alpha value is -2.67. The fraction of sp³-hybridized carbons (Fsp3) is 0.118. The van der Waals surface area contributed by atoms with Crippen LogP contribution < -0.4 is 4.74 Å². The lowest BCUT2D eigenvalue weighted by Crippen LogP contribution is -2.20. The summed E-state index contributed by atoms with van der Waals surface area (Å²) in [6, 6.07) is 15.2. The first-order valence-electron chi connectivity index (χ1n) is 7.18. The second-order valence-corrected chi connectivity index (χ2v) is 5.50. The van der Waals surface area contributed by atoms with Crippen molar-refractivity contribution in [3.63, 3.8) is 0 Å². The standard InChI is InChI=1S/C17H11ClF3N3O/c18-13-8-6-12(7-9-13)15-22-16(25-10-17(19,20)21)14(23-24-15)11-4-2-1-3-5-11/h1-9H,10H2. The van der Waals surface area contributed by atoms with Crippen LogP contribution in [-0.2, 0) is 0 Å². The lowest BCUT2D eigenvalue weighted by atomic mass is 10.1. The molecular formula is C17H11ClF3N3O. The molecule has 1 aromatic heterocycles. The largest absolute Gasteiger partial charge is 0.466 e. The van der Waals surface area contributed by atoms with Crippen LogP contribution in [0.25, 0.3) is 22.6 Å². The van der Waals surface area contributed by atoms with Crippen LogP contribution >= 0.6 is 11.6 Å². The first-order chi connectivity index (χ1) is 11.9. The summed E-state index contributed by atoms with van der Waals surface area (Å²) in [5.74, 6) is -0.0861. The number of halogens is 4. The highest BCUT2D eigenvalue weighted by Gasteiger charge is 2.29. The number of ether oxygens (including phenoxy) is 1. The molecule has 0 unspecified atom stereocenters. The predicted octanol–water partition coefficient (Wildman–Crippen LogP) is 4.80. The molecule has 0 aliphatic heterocycles. The molecule has 0 radical (unpaired) electrons. The highest BCUT2D eigenvalue weighted by Crippen LogP contribution is 2.29. The summed E-state index contributed by atoms with van der Waals surface area (Å²) in [6.07, 6.45) is -4.49. The number of aromatic nitrogens is 3. The molecule has 25 heavy (non-hydrogen) atoms. The van der Waals surface area contributed by atoms with Gasteiger partial charge in [-0.2, -0.15) is 18.2 Å². The van der Waals surface area contributed by atoms with Crippen LogP contribution in [0.4, 0.5) is 13.2 Å². The van der Waals surface area contributed by atoms with E-state index in [0.29, 0.717) is 16.1 Å². The summed E-state index contributed by atoms with van der Waals surface area (Å²) >= 11 is 5.83. The lowest BCUT2D eigenvalue weighted by Gasteiger charge is -2.12. The summed E-state index contributed by atoms with van der Waals surface area (Å²) in [5.41, 5.74) is 1.26. The summed E-state index contributed by atoms with van der Waals surface area (Å²) in [5, 5.41) is 8.52. The zero-order valence-electron chi connectivity index (χ0n) is 12.7. The van der Waals surface area contributed by atoms with E-state index in [9.17, 15) is 13.2 Å². The quantitative estimate of drug-likeness (QED) is 0.666. The summed E-state index contributed by atoms with van der Waals surface area (Å²) in [7, 11) is 0. The normalized spacial score (nSPS) is 11.4. The van der Waals surface area contributed by atoms with Crippen molar-refractivity contribution in [1.82, 2.24) is 15.2 Å². The Morgan fingerprint density at radius 2 is 1.56 bits per heavy atom. The van der Waals surface area contributed by atoms with Gasteiger partial charge in [-0.15, -0.1) is 10.2 Å². The molecule has 2 aromatic carbocycles. The minimum absolute atomic E-state index is 0.141. The molecule has 0 N–H and O–H groups in total. The van der Waals surface area contributed by atoms with Crippen LogP contribution in [0.2, 0.25) is 5.02 Å². The maximum atomic E-state index is 12.5. The predicted molar refractivity (Wildman–Crippen MR) is 87.3 cm³/mol. The van der Waals surface area contributed by atoms with Gasteiger partial charge in [-0.25, -0.2) is 0 Å². The topological polar surface area (TPSA) is 47.9 Å². The van der Waals surface area contributed by atoms with Crippen LogP contribution in [0.15, 0.2) is 54.6 Å². The molecule has 0 fully saturated rings. The van der Waals surface area contributed by atoms with Crippen molar-refractivity contribution in [2.75, 3.05) is 6.61 Å². The van der Waals surface area contributed by atoms with Crippen LogP contribution in [0, 0.1) is 0 Å². The third kappa shape index (κ3) is 4.45. The molecule has 0 saturated heterocycles.